The summed E-state index contributed by atoms with van der Waals surface area (Å²) in [6, 6.07) is 10.6. The van der Waals surface area contributed by atoms with Crippen LogP contribution in [-0.2, 0) is 4.74 Å². The van der Waals surface area contributed by atoms with E-state index in [1.165, 1.54) is 43.5 Å². The van der Waals surface area contributed by atoms with Crippen LogP contribution in [0.5, 0.6) is 11.5 Å². The Hall–Kier alpha value is -4.39. The van der Waals surface area contributed by atoms with Crippen LogP contribution >= 0.6 is 0 Å². The van der Waals surface area contributed by atoms with Crippen LogP contribution < -0.4 is 20.1 Å². The standard InChI is InChI=1S/C32H35F4N3O6/c1-31(2,3)45-30(42)39-26(17-40)20-13-24(18-5-8-21(33)9-6-18)38-25(14-20)23(32(34,35)36)16-37-29(41)19-7-12-27(28(15-19)43-4)44-22-10-11-22/h5-9,12-15,22-23,26,40H,10-11,16-17H2,1-4H3,(H,37,41)(H,39,42). The van der Waals surface area contributed by atoms with Gasteiger partial charge in [0.2, 0.25) is 0 Å². The van der Waals surface area contributed by atoms with Crippen molar-refractivity contribution in [3.63, 3.8) is 0 Å². The minimum Gasteiger partial charge on any atom is -0.493 e. The molecule has 0 aliphatic heterocycles. The van der Waals surface area contributed by atoms with Crippen LogP contribution in [0.3, 0.4) is 0 Å². The van der Waals surface area contributed by atoms with E-state index in [-0.39, 0.29) is 28.7 Å². The predicted octanol–water partition coefficient (Wildman–Crippen LogP) is 6.07. The molecular formula is C32H35F4N3O6. The van der Waals surface area contributed by atoms with Crippen LogP contribution in [0.4, 0.5) is 22.4 Å². The maximum atomic E-state index is 14.5. The fraction of sp³-hybridized carbons (Fsp3) is 0.406. The number of ether oxygens (including phenoxy) is 3. The molecule has 2 unspecified atom stereocenters. The molecule has 0 spiro atoms. The summed E-state index contributed by atoms with van der Waals surface area (Å²) in [4.78, 5) is 29.7. The van der Waals surface area contributed by atoms with E-state index in [9.17, 15) is 32.3 Å². The number of carbonyl (C=O) groups excluding carboxylic acids is 2. The first-order valence-electron chi connectivity index (χ1n) is 14.2. The molecule has 1 aliphatic rings. The number of aliphatic hydroxyl groups excluding tert-OH is 1. The van der Waals surface area contributed by atoms with Crippen molar-refractivity contribution in [1.29, 1.82) is 0 Å². The van der Waals surface area contributed by atoms with E-state index in [4.69, 9.17) is 14.2 Å². The topological polar surface area (TPSA) is 119 Å². The normalized spacial score (nSPS) is 14.7. The molecule has 4 rings (SSSR count). The SMILES string of the molecule is COc1cc(C(=O)NCC(c2cc(C(CO)NC(=O)OC(C)(C)C)cc(-c3ccc(F)cc3)n2)C(F)(F)F)ccc1OC1CC1. The highest BCUT2D eigenvalue weighted by molar-refractivity contribution is 5.95. The van der Waals surface area contributed by atoms with E-state index < -0.39 is 60.4 Å². The van der Waals surface area contributed by atoms with Crippen molar-refractivity contribution in [2.24, 2.45) is 0 Å². The molecule has 0 radical (unpaired) electrons. The Morgan fingerprint density at radius 1 is 1.02 bits per heavy atom. The van der Waals surface area contributed by atoms with Gasteiger partial charge in [-0.15, -0.1) is 0 Å². The lowest BCUT2D eigenvalue weighted by molar-refractivity contribution is -0.149. The highest BCUT2D eigenvalue weighted by Crippen LogP contribution is 2.37. The van der Waals surface area contributed by atoms with Gasteiger partial charge in [0.1, 0.15) is 17.3 Å². The number of alkyl halides is 3. The number of benzene rings is 2. The number of pyridine rings is 1. The first-order chi connectivity index (χ1) is 21.2. The van der Waals surface area contributed by atoms with Gasteiger partial charge in [0.15, 0.2) is 11.5 Å². The number of rotatable bonds is 11. The van der Waals surface area contributed by atoms with E-state index in [0.717, 1.165) is 31.0 Å². The molecular weight excluding hydrogens is 598 g/mol. The molecule has 3 aromatic rings. The Morgan fingerprint density at radius 3 is 2.29 bits per heavy atom. The van der Waals surface area contributed by atoms with Crippen molar-refractivity contribution >= 4 is 12.0 Å². The number of hydrogen-bond acceptors (Lipinski definition) is 7. The molecule has 242 valence electrons. The van der Waals surface area contributed by atoms with E-state index in [1.54, 1.807) is 20.8 Å². The van der Waals surface area contributed by atoms with Crippen LogP contribution in [0, 0.1) is 5.82 Å². The van der Waals surface area contributed by atoms with Gasteiger partial charge in [-0.25, -0.2) is 9.18 Å². The average Bonchev–Trinajstić information content (AvgIpc) is 3.79. The molecule has 1 aromatic heterocycles. The first-order valence-corrected chi connectivity index (χ1v) is 14.2. The summed E-state index contributed by atoms with van der Waals surface area (Å²) in [5.74, 6) is -2.93. The van der Waals surface area contributed by atoms with Crippen molar-refractivity contribution in [3.8, 4) is 22.8 Å². The maximum absolute atomic E-state index is 14.5. The number of halogens is 4. The second-order valence-corrected chi connectivity index (χ2v) is 11.6. The van der Waals surface area contributed by atoms with Crippen molar-refractivity contribution in [2.75, 3.05) is 20.3 Å². The van der Waals surface area contributed by atoms with Crippen molar-refractivity contribution in [1.82, 2.24) is 15.6 Å². The second kappa shape index (κ2) is 13.7. The largest absolute Gasteiger partial charge is 0.493 e. The average molecular weight is 634 g/mol. The van der Waals surface area contributed by atoms with E-state index >= 15 is 0 Å². The number of methoxy groups -OCH3 is 1. The third-order valence-corrected chi connectivity index (χ3v) is 6.75. The molecule has 0 bridgehead atoms. The summed E-state index contributed by atoms with van der Waals surface area (Å²) in [6.07, 6.45) is -3.89. The highest BCUT2D eigenvalue weighted by atomic mass is 19.4. The Bertz CT molecular complexity index is 1500. The van der Waals surface area contributed by atoms with Crippen LogP contribution in [-0.4, -0.2) is 60.2 Å². The molecule has 3 N–H and O–H groups in total. The van der Waals surface area contributed by atoms with Gasteiger partial charge in [-0.05, 0) is 93.8 Å². The highest BCUT2D eigenvalue weighted by Gasteiger charge is 2.42. The molecule has 45 heavy (non-hydrogen) atoms. The van der Waals surface area contributed by atoms with Crippen LogP contribution in [0.25, 0.3) is 11.3 Å². The lowest BCUT2D eigenvalue weighted by atomic mass is 9.97. The number of hydrogen-bond donors (Lipinski definition) is 3. The lowest BCUT2D eigenvalue weighted by Crippen LogP contribution is -2.37. The number of nitrogens with zero attached hydrogens (tertiary/aromatic N) is 1. The van der Waals surface area contributed by atoms with E-state index in [1.807, 2.05) is 0 Å². The first kappa shape index (κ1) is 33.5. The number of carbonyl (C=O) groups is 2. The van der Waals surface area contributed by atoms with E-state index in [2.05, 4.69) is 15.6 Å². The van der Waals surface area contributed by atoms with Crippen LogP contribution in [0.2, 0.25) is 0 Å². The number of aliphatic hydroxyl groups is 1. The Kier molecular flexibility index (Phi) is 10.2. The summed E-state index contributed by atoms with van der Waals surface area (Å²) in [5.41, 5.74) is -0.894. The summed E-state index contributed by atoms with van der Waals surface area (Å²) in [6.45, 7) is 3.33. The zero-order chi connectivity index (χ0) is 32.9. The summed E-state index contributed by atoms with van der Waals surface area (Å²) in [7, 11) is 1.39. The quantitative estimate of drug-likeness (QED) is 0.219. The summed E-state index contributed by atoms with van der Waals surface area (Å²) in [5, 5.41) is 14.9. The number of nitrogens with one attached hydrogen (secondary N) is 2. The molecule has 1 heterocycles. The van der Waals surface area contributed by atoms with Crippen LogP contribution in [0.15, 0.2) is 54.6 Å². The van der Waals surface area contributed by atoms with Gasteiger partial charge in [-0.2, -0.15) is 13.2 Å². The summed E-state index contributed by atoms with van der Waals surface area (Å²) < 4.78 is 73.5. The van der Waals surface area contributed by atoms with Gasteiger partial charge in [-0.3, -0.25) is 9.78 Å². The summed E-state index contributed by atoms with van der Waals surface area (Å²) >= 11 is 0. The monoisotopic (exact) mass is 633 g/mol. The molecule has 2 atom stereocenters. The number of alkyl carbamates (subject to hydrolysis) is 1. The van der Waals surface area contributed by atoms with Gasteiger partial charge in [0.25, 0.3) is 5.91 Å². The molecule has 1 aliphatic carbocycles. The van der Waals surface area contributed by atoms with Gasteiger partial charge in [0, 0.05) is 17.7 Å². The van der Waals surface area contributed by atoms with Crippen molar-refractivity contribution in [2.45, 2.75) is 63.5 Å². The fourth-order valence-corrected chi connectivity index (χ4v) is 4.36. The minimum absolute atomic E-state index is 0.0310. The lowest BCUT2D eigenvalue weighted by Gasteiger charge is -2.25. The molecule has 1 fully saturated rings. The molecule has 0 saturated heterocycles. The number of aromatic nitrogens is 1. The number of amides is 2. The third kappa shape index (κ3) is 9.30. The molecule has 9 nitrogen and oxygen atoms in total. The smallest absolute Gasteiger partial charge is 0.408 e. The molecule has 1 saturated carbocycles. The second-order valence-electron chi connectivity index (χ2n) is 11.6. The zero-order valence-electron chi connectivity index (χ0n) is 25.2. The maximum Gasteiger partial charge on any atom is 0.408 e. The Labute approximate surface area is 257 Å². The molecule has 2 amide bonds. The fourth-order valence-electron chi connectivity index (χ4n) is 4.36. The van der Waals surface area contributed by atoms with Crippen molar-refractivity contribution in [3.05, 3.63) is 77.2 Å². The van der Waals surface area contributed by atoms with Crippen LogP contribution in [0.1, 0.15) is 67.2 Å². The van der Waals surface area contributed by atoms with Gasteiger partial charge >= 0.3 is 12.3 Å². The van der Waals surface area contributed by atoms with Gasteiger partial charge in [0.05, 0.1) is 37.3 Å². The Balaban J connectivity index is 1.65. The molecule has 2 aromatic carbocycles. The minimum atomic E-state index is -4.87. The molecule has 13 heteroatoms. The zero-order valence-corrected chi connectivity index (χ0v) is 25.2. The van der Waals surface area contributed by atoms with Crippen molar-refractivity contribution < 1.29 is 46.5 Å². The Morgan fingerprint density at radius 2 is 1.71 bits per heavy atom. The van der Waals surface area contributed by atoms with Gasteiger partial charge < -0.3 is 30.0 Å². The van der Waals surface area contributed by atoms with Gasteiger partial charge in [-0.1, -0.05) is 0 Å². The predicted molar refractivity (Wildman–Crippen MR) is 157 cm³/mol. The third-order valence-electron chi connectivity index (χ3n) is 6.75. The van der Waals surface area contributed by atoms with E-state index in [0.29, 0.717) is 11.3 Å².